The Bertz CT molecular complexity index is 278. The van der Waals surface area contributed by atoms with Crippen LogP contribution in [0.5, 0.6) is 0 Å². The largest absolute Gasteiger partial charge is 0.352 e. The van der Waals surface area contributed by atoms with Gasteiger partial charge in [-0.25, -0.2) is 0 Å². The summed E-state index contributed by atoms with van der Waals surface area (Å²) in [5, 5.41) is 6.54. The summed E-state index contributed by atoms with van der Waals surface area (Å²) in [5.74, 6) is 0.153. The second-order valence-corrected chi connectivity index (χ2v) is 5.60. The van der Waals surface area contributed by atoms with Gasteiger partial charge in [0.2, 0.25) is 5.91 Å². The Hall–Kier alpha value is -0.610. The Morgan fingerprint density at radius 3 is 2.78 bits per heavy atom. The van der Waals surface area contributed by atoms with Crippen LogP contribution in [-0.2, 0) is 4.79 Å². The molecule has 0 saturated carbocycles. The van der Waals surface area contributed by atoms with Gasteiger partial charge in [-0.05, 0) is 38.6 Å². The molecule has 2 rings (SSSR count). The van der Waals surface area contributed by atoms with Crippen molar-refractivity contribution in [3.05, 3.63) is 0 Å². The van der Waals surface area contributed by atoms with Gasteiger partial charge >= 0.3 is 0 Å². The molecule has 104 valence electrons. The van der Waals surface area contributed by atoms with Crippen LogP contribution in [0.15, 0.2) is 0 Å². The third-order valence-corrected chi connectivity index (χ3v) is 4.48. The minimum Gasteiger partial charge on any atom is -0.352 e. The second kappa shape index (κ2) is 6.53. The highest BCUT2D eigenvalue weighted by Crippen LogP contribution is 2.27. The smallest absolute Gasteiger partial charge is 0.234 e. The van der Waals surface area contributed by atoms with Gasteiger partial charge in [0.15, 0.2) is 0 Å². The van der Waals surface area contributed by atoms with Gasteiger partial charge in [0.1, 0.15) is 0 Å². The van der Waals surface area contributed by atoms with Gasteiger partial charge in [-0.3, -0.25) is 9.69 Å². The highest BCUT2D eigenvalue weighted by atomic mass is 16.2. The zero-order valence-electron chi connectivity index (χ0n) is 11.7. The average molecular weight is 253 g/mol. The summed E-state index contributed by atoms with van der Waals surface area (Å²) in [7, 11) is 0. The lowest BCUT2D eigenvalue weighted by Crippen LogP contribution is -2.46. The number of fused-ring (bicyclic) bond motifs is 1. The molecule has 2 N–H and O–H groups in total. The Balaban J connectivity index is 1.69. The molecule has 2 atom stereocenters. The van der Waals surface area contributed by atoms with Gasteiger partial charge in [-0.15, -0.1) is 0 Å². The molecule has 0 bridgehead atoms. The van der Waals surface area contributed by atoms with Crippen molar-refractivity contribution in [1.82, 2.24) is 15.5 Å². The number of nitrogens with one attached hydrogen (secondary N) is 2. The highest BCUT2D eigenvalue weighted by molar-refractivity contribution is 5.78. The highest BCUT2D eigenvalue weighted by Gasteiger charge is 2.36. The molecule has 2 fully saturated rings. The fraction of sp³-hybridized carbons (Fsp3) is 0.929. The number of hydrogen-bond acceptors (Lipinski definition) is 3. The quantitative estimate of drug-likeness (QED) is 0.745. The summed E-state index contributed by atoms with van der Waals surface area (Å²) in [5.41, 5.74) is 0. The van der Waals surface area contributed by atoms with Crippen molar-refractivity contribution in [3.63, 3.8) is 0 Å². The van der Waals surface area contributed by atoms with Crippen molar-refractivity contribution in [3.8, 4) is 0 Å². The molecular weight excluding hydrogens is 226 g/mol. The van der Waals surface area contributed by atoms with Crippen molar-refractivity contribution in [2.75, 3.05) is 19.6 Å². The average Bonchev–Trinajstić information content (AvgIpc) is 2.96. The molecule has 2 unspecified atom stereocenters. The number of nitrogens with zero attached hydrogens (tertiary/aromatic N) is 1. The van der Waals surface area contributed by atoms with E-state index in [9.17, 15) is 4.79 Å². The van der Waals surface area contributed by atoms with Crippen molar-refractivity contribution in [2.24, 2.45) is 0 Å². The van der Waals surface area contributed by atoms with E-state index in [4.69, 9.17) is 0 Å². The first kappa shape index (κ1) is 13.8. The molecule has 2 heterocycles. The van der Waals surface area contributed by atoms with Crippen LogP contribution < -0.4 is 10.6 Å². The van der Waals surface area contributed by atoms with Crippen LogP contribution in [0.2, 0.25) is 0 Å². The number of carbonyl (C=O) groups excluding carboxylic acids is 1. The summed E-state index contributed by atoms with van der Waals surface area (Å²) < 4.78 is 0. The van der Waals surface area contributed by atoms with Crippen LogP contribution >= 0.6 is 0 Å². The first-order chi connectivity index (χ1) is 8.74. The van der Waals surface area contributed by atoms with Crippen LogP contribution in [0.1, 0.15) is 46.0 Å². The molecule has 18 heavy (non-hydrogen) atoms. The fourth-order valence-corrected chi connectivity index (χ4v) is 3.32. The topological polar surface area (TPSA) is 44.4 Å². The molecule has 2 saturated heterocycles. The predicted octanol–water partition coefficient (Wildman–Crippen LogP) is 1.12. The zero-order valence-corrected chi connectivity index (χ0v) is 11.7. The van der Waals surface area contributed by atoms with Crippen molar-refractivity contribution >= 4 is 5.91 Å². The summed E-state index contributed by atoms with van der Waals surface area (Å²) in [6.07, 6.45) is 5.85. The SMILES string of the molecule is CCC(CC)NC(=O)CNC1CCN2CCCC12. The Morgan fingerprint density at radius 2 is 2.06 bits per heavy atom. The van der Waals surface area contributed by atoms with Gasteiger partial charge in [-0.1, -0.05) is 13.8 Å². The summed E-state index contributed by atoms with van der Waals surface area (Å²) in [4.78, 5) is 14.4. The minimum absolute atomic E-state index is 0.153. The molecule has 4 heteroatoms. The van der Waals surface area contributed by atoms with E-state index in [1.807, 2.05) is 0 Å². The first-order valence-corrected chi connectivity index (χ1v) is 7.51. The monoisotopic (exact) mass is 253 g/mol. The maximum absolute atomic E-state index is 11.8. The van der Waals surface area contributed by atoms with Crippen molar-refractivity contribution < 1.29 is 4.79 Å². The van der Waals surface area contributed by atoms with Crippen molar-refractivity contribution in [1.29, 1.82) is 0 Å². The Morgan fingerprint density at radius 1 is 1.28 bits per heavy atom. The number of carbonyl (C=O) groups is 1. The van der Waals surface area contributed by atoms with Crippen LogP contribution in [0.3, 0.4) is 0 Å². The van der Waals surface area contributed by atoms with Gasteiger partial charge in [0.05, 0.1) is 6.54 Å². The molecule has 0 aliphatic carbocycles. The van der Waals surface area contributed by atoms with E-state index < -0.39 is 0 Å². The van der Waals surface area contributed by atoms with Crippen LogP contribution in [0, 0.1) is 0 Å². The summed E-state index contributed by atoms with van der Waals surface area (Å²) >= 11 is 0. The second-order valence-electron chi connectivity index (χ2n) is 5.60. The Kier molecular flexibility index (Phi) is 5.01. The third-order valence-electron chi connectivity index (χ3n) is 4.48. The zero-order chi connectivity index (χ0) is 13.0. The maximum Gasteiger partial charge on any atom is 0.234 e. The van der Waals surface area contributed by atoms with E-state index in [0.29, 0.717) is 24.7 Å². The molecule has 0 radical (unpaired) electrons. The van der Waals surface area contributed by atoms with E-state index in [2.05, 4.69) is 29.4 Å². The normalized spacial score (nSPS) is 27.7. The van der Waals surface area contributed by atoms with Gasteiger partial charge in [-0.2, -0.15) is 0 Å². The number of amides is 1. The summed E-state index contributed by atoms with van der Waals surface area (Å²) in [6, 6.07) is 1.55. The molecule has 1 amide bonds. The van der Waals surface area contributed by atoms with E-state index >= 15 is 0 Å². The van der Waals surface area contributed by atoms with Crippen molar-refractivity contribution in [2.45, 2.75) is 64.1 Å². The molecule has 2 aliphatic rings. The van der Waals surface area contributed by atoms with E-state index in [-0.39, 0.29) is 5.91 Å². The van der Waals surface area contributed by atoms with Gasteiger partial charge in [0, 0.05) is 24.7 Å². The van der Waals surface area contributed by atoms with Gasteiger partial charge in [0.25, 0.3) is 0 Å². The molecule has 0 aromatic heterocycles. The lowest BCUT2D eigenvalue weighted by molar-refractivity contribution is -0.121. The molecule has 4 nitrogen and oxygen atoms in total. The number of rotatable bonds is 6. The lowest BCUT2D eigenvalue weighted by Gasteiger charge is -2.22. The number of hydrogen-bond donors (Lipinski definition) is 2. The molecular formula is C14H27N3O. The van der Waals surface area contributed by atoms with Crippen LogP contribution in [-0.4, -0.2) is 48.6 Å². The molecule has 2 aliphatic heterocycles. The van der Waals surface area contributed by atoms with E-state index in [1.54, 1.807) is 0 Å². The minimum atomic E-state index is 0.153. The van der Waals surface area contributed by atoms with E-state index in [1.165, 1.54) is 32.4 Å². The van der Waals surface area contributed by atoms with Crippen LogP contribution in [0.4, 0.5) is 0 Å². The molecule has 0 aromatic rings. The predicted molar refractivity (Wildman–Crippen MR) is 73.5 cm³/mol. The lowest BCUT2D eigenvalue weighted by atomic mass is 10.1. The van der Waals surface area contributed by atoms with Crippen LogP contribution in [0.25, 0.3) is 0 Å². The summed E-state index contributed by atoms with van der Waals surface area (Å²) in [6.45, 7) is 7.18. The maximum atomic E-state index is 11.8. The molecule has 0 aromatic carbocycles. The fourth-order valence-electron chi connectivity index (χ4n) is 3.32. The third kappa shape index (κ3) is 3.23. The standard InChI is InChI=1S/C14H27N3O/c1-3-11(4-2)16-14(18)10-15-12-7-9-17-8-5-6-13(12)17/h11-13,15H,3-10H2,1-2H3,(H,16,18). The first-order valence-electron chi connectivity index (χ1n) is 7.51. The van der Waals surface area contributed by atoms with E-state index in [0.717, 1.165) is 12.8 Å². The Labute approximate surface area is 110 Å². The molecule has 0 spiro atoms. The van der Waals surface area contributed by atoms with Gasteiger partial charge < -0.3 is 10.6 Å².